The maximum atomic E-state index is 13.8. The molecule has 222 valence electrons. The number of amides is 1. The molecule has 0 unspecified atom stereocenters. The van der Waals surface area contributed by atoms with Gasteiger partial charge < -0.3 is 15.1 Å². The third-order valence-electron chi connectivity index (χ3n) is 8.42. The second kappa shape index (κ2) is 13.0. The van der Waals surface area contributed by atoms with Gasteiger partial charge >= 0.3 is 5.97 Å². The first kappa shape index (κ1) is 29.7. The molecule has 0 aromatic heterocycles. The summed E-state index contributed by atoms with van der Waals surface area (Å²) in [7, 11) is 0. The Balaban J connectivity index is 1.38. The van der Waals surface area contributed by atoms with Crippen LogP contribution in [0.5, 0.6) is 5.75 Å². The molecule has 2 aliphatic heterocycles. The quantitative estimate of drug-likeness (QED) is 0.420. The molecule has 2 heterocycles. The molecule has 1 amide bonds. The normalized spacial score (nSPS) is 21.3. The number of rotatable bonds is 8. The molecule has 2 saturated heterocycles. The van der Waals surface area contributed by atoms with Crippen LogP contribution in [0.25, 0.3) is 0 Å². The number of carbonyl (C=O) groups is 2. The third-order valence-corrected chi connectivity index (χ3v) is 8.42. The Morgan fingerprint density at radius 2 is 1.57 bits per heavy atom. The SMILES string of the molecule is C[C@@H]1CN([C@@H](c2cccc(O)c2)c2cccc(C(=O)N3CCN(CC(=O)O)CC3)c2)[C@@H](C)CN1Cc1cccc(F)c1. The fourth-order valence-corrected chi connectivity index (χ4v) is 6.27. The van der Waals surface area contributed by atoms with Gasteiger partial charge in [0.05, 0.1) is 12.6 Å². The topological polar surface area (TPSA) is 87.6 Å². The highest BCUT2D eigenvalue weighted by atomic mass is 19.1. The molecule has 0 saturated carbocycles. The lowest BCUT2D eigenvalue weighted by Crippen LogP contribution is -2.56. The third kappa shape index (κ3) is 6.98. The van der Waals surface area contributed by atoms with Crippen LogP contribution >= 0.6 is 0 Å². The van der Waals surface area contributed by atoms with Gasteiger partial charge in [0, 0.05) is 63.5 Å². The van der Waals surface area contributed by atoms with Crippen LogP contribution in [0.3, 0.4) is 0 Å². The van der Waals surface area contributed by atoms with Gasteiger partial charge in [0.15, 0.2) is 0 Å². The van der Waals surface area contributed by atoms with Crippen LogP contribution in [0.1, 0.15) is 46.9 Å². The van der Waals surface area contributed by atoms with E-state index in [1.54, 1.807) is 29.2 Å². The Morgan fingerprint density at radius 3 is 2.26 bits per heavy atom. The molecule has 9 heteroatoms. The van der Waals surface area contributed by atoms with Crippen molar-refractivity contribution in [3.63, 3.8) is 0 Å². The number of phenols is 1. The zero-order chi connectivity index (χ0) is 29.8. The van der Waals surface area contributed by atoms with Crippen molar-refractivity contribution in [2.75, 3.05) is 45.8 Å². The van der Waals surface area contributed by atoms with Crippen molar-refractivity contribution in [1.29, 1.82) is 0 Å². The van der Waals surface area contributed by atoms with Crippen molar-refractivity contribution in [2.24, 2.45) is 0 Å². The molecule has 0 bridgehead atoms. The van der Waals surface area contributed by atoms with E-state index in [4.69, 9.17) is 5.11 Å². The minimum Gasteiger partial charge on any atom is -0.508 e. The first-order valence-electron chi connectivity index (χ1n) is 14.5. The van der Waals surface area contributed by atoms with Crippen molar-refractivity contribution in [3.05, 3.63) is 101 Å². The molecule has 0 aliphatic carbocycles. The molecule has 0 radical (unpaired) electrons. The lowest BCUT2D eigenvalue weighted by Gasteiger charge is -2.47. The Kier molecular flexibility index (Phi) is 9.21. The van der Waals surface area contributed by atoms with Crippen LogP contribution in [0.4, 0.5) is 4.39 Å². The summed E-state index contributed by atoms with van der Waals surface area (Å²) < 4.78 is 13.8. The van der Waals surface area contributed by atoms with Gasteiger partial charge in [-0.2, -0.15) is 0 Å². The summed E-state index contributed by atoms with van der Waals surface area (Å²) in [6, 6.07) is 21.9. The zero-order valence-corrected chi connectivity index (χ0v) is 24.2. The maximum absolute atomic E-state index is 13.8. The summed E-state index contributed by atoms with van der Waals surface area (Å²) in [5.41, 5.74) is 3.45. The van der Waals surface area contributed by atoms with Crippen molar-refractivity contribution >= 4 is 11.9 Å². The van der Waals surface area contributed by atoms with Gasteiger partial charge in [-0.05, 0) is 66.9 Å². The van der Waals surface area contributed by atoms with E-state index in [0.717, 1.165) is 29.8 Å². The first-order chi connectivity index (χ1) is 20.2. The molecule has 8 nitrogen and oxygen atoms in total. The Morgan fingerprint density at radius 1 is 0.881 bits per heavy atom. The van der Waals surface area contributed by atoms with Gasteiger partial charge in [-0.25, -0.2) is 4.39 Å². The monoisotopic (exact) mass is 574 g/mol. The molecule has 3 aromatic carbocycles. The molecule has 5 rings (SSSR count). The molecule has 0 spiro atoms. The van der Waals surface area contributed by atoms with Crippen LogP contribution in [-0.2, 0) is 11.3 Å². The number of phenolic OH excluding ortho intramolecular Hbond substituents is 1. The Labute approximate surface area is 246 Å². The number of aromatic hydroxyl groups is 1. The summed E-state index contributed by atoms with van der Waals surface area (Å²) in [5.74, 6) is -0.969. The second-order valence-electron chi connectivity index (χ2n) is 11.5. The fourth-order valence-electron chi connectivity index (χ4n) is 6.27. The van der Waals surface area contributed by atoms with E-state index in [-0.39, 0.29) is 42.1 Å². The van der Waals surface area contributed by atoms with Crippen molar-refractivity contribution in [3.8, 4) is 5.75 Å². The van der Waals surface area contributed by atoms with E-state index in [0.29, 0.717) is 38.3 Å². The largest absolute Gasteiger partial charge is 0.508 e. The van der Waals surface area contributed by atoms with E-state index in [9.17, 15) is 19.1 Å². The fraction of sp³-hybridized carbons (Fsp3) is 0.394. The molecule has 42 heavy (non-hydrogen) atoms. The van der Waals surface area contributed by atoms with Crippen LogP contribution in [-0.4, -0.2) is 99.6 Å². The second-order valence-corrected chi connectivity index (χ2v) is 11.5. The van der Waals surface area contributed by atoms with Gasteiger partial charge in [-0.15, -0.1) is 0 Å². The van der Waals surface area contributed by atoms with Gasteiger partial charge in [-0.3, -0.25) is 24.3 Å². The minimum atomic E-state index is -0.862. The van der Waals surface area contributed by atoms with Crippen LogP contribution < -0.4 is 0 Å². The number of carboxylic acid groups (broad SMARTS) is 1. The van der Waals surface area contributed by atoms with Crippen molar-refractivity contribution in [1.82, 2.24) is 19.6 Å². The molecule has 2 N–H and O–H groups in total. The molecular weight excluding hydrogens is 535 g/mol. The number of benzene rings is 3. The summed E-state index contributed by atoms with van der Waals surface area (Å²) in [6.45, 7) is 8.56. The average Bonchev–Trinajstić information content (AvgIpc) is 2.96. The van der Waals surface area contributed by atoms with Crippen molar-refractivity contribution in [2.45, 2.75) is 38.5 Å². The smallest absolute Gasteiger partial charge is 0.317 e. The van der Waals surface area contributed by atoms with Crippen LogP contribution in [0, 0.1) is 5.82 Å². The summed E-state index contributed by atoms with van der Waals surface area (Å²) in [4.78, 5) is 33.0. The van der Waals surface area contributed by atoms with Gasteiger partial charge in [0.25, 0.3) is 5.91 Å². The van der Waals surface area contributed by atoms with Crippen LogP contribution in [0.2, 0.25) is 0 Å². The lowest BCUT2D eigenvalue weighted by molar-refractivity contribution is -0.138. The molecule has 3 atom stereocenters. The summed E-state index contributed by atoms with van der Waals surface area (Å²) in [6.07, 6.45) is 0. The minimum absolute atomic E-state index is 0.0186. The van der Waals surface area contributed by atoms with E-state index in [1.165, 1.54) is 6.07 Å². The lowest BCUT2D eigenvalue weighted by atomic mass is 9.92. The van der Waals surface area contributed by atoms with Crippen LogP contribution in [0.15, 0.2) is 72.8 Å². The van der Waals surface area contributed by atoms with E-state index in [1.807, 2.05) is 47.4 Å². The molecule has 3 aromatic rings. The highest BCUT2D eigenvalue weighted by Gasteiger charge is 2.35. The summed E-state index contributed by atoms with van der Waals surface area (Å²) >= 11 is 0. The number of aliphatic carboxylic acids is 1. The number of carbonyl (C=O) groups excluding carboxylic acids is 1. The molecule has 2 fully saturated rings. The van der Waals surface area contributed by atoms with E-state index in [2.05, 4.69) is 23.6 Å². The molecule has 2 aliphatic rings. The van der Waals surface area contributed by atoms with E-state index >= 15 is 0 Å². The zero-order valence-electron chi connectivity index (χ0n) is 24.2. The number of hydrogen-bond acceptors (Lipinski definition) is 6. The maximum Gasteiger partial charge on any atom is 0.317 e. The number of nitrogens with zero attached hydrogens (tertiary/aromatic N) is 4. The molecular formula is C33H39FN4O4. The van der Waals surface area contributed by atoms with Gasteiger partial charge in [-0.1, -0.05) is 36.4 Å². The van der Waals surface area contributed by atoms with Gasteiger partial charge in [0.2, 0.25) is 0 Å². The number of piperazine rings is 2. The highest BCUT2D eigenvalue weighted by Crippen LogP contribution is 2.35. The first-order valence-corrected chi connectivity index (χ1v) is 14.5. The number of hydrogen-bond donors (Lipinski definition) is 2. The van der Waals surface area contributed by atoms with E-state index < -0.39 is 5.97 Å². The Bertz CT molecular complexity index is 1410. The number of halogens is 1. The summed E-state index contributed by atoms with van der Waals surface area (Å²) in [5, 5.41) is 19.5. The van der Waals surface area contributed by atoms with Crippen molar-refractivity contribution < 1.29 is 24.2 Å². The van der Waals surface area contributed by atoms with Gasteiger partial charge in [0.1, 0.15) is 11.6 Å². The Hall–Kier alpha value is -3.79. The standard InChI is InChI=1S/C33H39FN4O4/c1-23-20-38(24(2)19-37(23)21-25-6-3-10-29(34)16-25)32(27-8-5-11-30(39)18-27)26-7-4-9-28(17-26)33(42)36-14-12-35(13-15-36)22-31(40)41/h3-11,16-18,23-24,32,39H,12-15,19-22H2,1-2H3,(H,40,41)/t23-,24+,32-/m1/s1. The predicted octanol–water partition coefficient (Wildman–Crippen LogP) is 4.06. The highest BCUT2D eigenvalue weighted by molar-refractivity contribution is 5.94. The number of carboxylic acids is 1. The predicted molar refractivity (Wildman–Crippen MR) is 159 cm³/mol. The average molecular weight is 575 g/mol.